The van der Waals surface area contributed by atoms with Crippen LogP contribution >= 0.6 is 11.8 Å². The lowest BCUT2D eigenvalue weighted by atomic mass is 10.1. The van der Waals surface area contributed by atoms with Crippen molar-refractivity contribution in [3.05, 3.63) is 0 Å². The highest BCUT2D eigenvalue weighted by molar-refractivity contribution is 7.99. The van der Waals surface area contributed by atoms with Crippen LogP contribution in [-0.4, -0.2) is 35.9 Å². The molecule has 0 aromatic carbocycles. The lowest BCUT2D eigenvalue weighted by molar-refractivity contribution is 0.0732. The summed E-state index contributed by atoms with van der Waals surface area (Å²) in [6.45, 7) is 0.839. The molecule has 3 heteroatoms. The maximum Gasteiger partial charge on any atom is 0.0737 e. The third kappa shape index (κ3) is 4.34. The summed E-state index contributed by atoms with van der Waals surface area (Å²) in [5, 5.41) is 10.00. The fourth-order valence-electron chi connectivity index (χ4n) is 1.74. The molecule has 0 saturated heterocycles. The Kier molecular flexibility index (Phi) is 5.14. The van der Waals surface area contributed by atoms with Crippen molar-refractivity contribution in [3.8, 4) is 0 Å². The van der Waals surface area contributed by atoms with Gasteiger partial charge in [0, 0.05) is 19.5 Å². The highest BCUT2D eigenvalue weighted by Gasteiger charge is 2.30. The van der Waals surface area contributed by atoms with Crippen molar-refractivity contribution < 1.29 is 9.84 Å². The van der Waals surface area contributed by atoms with E-state index in [-0.39, 0.29) is 5.60 Å². The summed E-state index contributed by atoms with van der Waals surface area (Å²) in [4.78, 5) is 0. The number of hydrogen-bond acceptors (Lipinski definition) is 3. The molecule has 1 N–H and O–H groups in total. The van der Waals surface area contributed by atoms with Crippen LogP contribution in [0.4, 0.5) is 0 Å². The Morgan fingerprint density at radius 1 is 1.38 bits per heavy atom. The number of hydrogen-bond donors (Lipinski definition) is 1. The van der Waals surface area contributed by atoms with Crippen molar-refractivity contribution >= 4 is 11.8 Å². The number of aliphatic hydroxyl groups is 1. The van der Waals surface area contributed by atoms with E-state index in [9.17, 15) is 5.11 Å². The number of methoxy groups -OCH3 is 1. The quantitative estimate of drug-likeness (QED) is 0.672. The van der Waals surface area contributed by atoms with Gasteiger partial charge in [0.25, 0.3) is 0 Å². The van der Waals surface area contributed by atoms with Crippen LogP contribution < -0.4 is 0 Å². The predicted molar refractivity (Wildman–Crippen MR) is 57.2 cm³/mol. The van der Waals surface area contributed by atoms with Crippen LogP contribution in [0, 0.1) is 0 Å². The van der Waals surface area contributed by atoms with Crippen LogP contribution in [0.2, 0.25) is 0 Å². The second-order valence-electron chi connectivity index (χ2n) is 3.83. The molecule has 1 saturated carbocycles. The Labute approximate surface area is 85.0 Å². The molecule has 0 amide bonds. The average Bonchev–Trinajstić information content (AvgIpc) is 2.53. The molecular formula is C10H20O2S. The van der Waals surface area contributed by atoms with E-state index >= 15 is 0 Å². The predicted octanol–water partition coefficient (Wildman–Crippen LogP) is 2.06. The van der Waals surface area contributed by atoms with E-state index in [1.165, 1.54) is 12.8 Å². The number of ether oxygens (including phenoxy) is 1. The molecule has 2 nitrogen and oxygen atoms in total. The Bertz CT molecular complexity index is 133. The molecule has 1 fully saturated rings. The normalized spacial score (nSPS) is 20.8. The van der Waals surface area contributed by atoms with Crippen LogP contribution in [0.5, 0.6) is 0 Å². The fraction of sp³-hybridized carbons (Fsp3) is 1.00. The summed E-state index contributed by atoms with van der Waals surface area (Å²) < 4.78 is 4.96. The maximum atomic E-state index is 10.00. The topological polar surface area (TPSA) is 29.5 Å². The first-order valence-electron chi connectivity index (χ1n) is 5.06. The number of thioether (sulfide) groups is 1. The van der Waals surface area contributed by atoms with E-state index in [1.807, 2.05) is 11.8 Å². The smallest absolute Gasteiger partial charge is 0.0737 e. The van der Waals surface area contributed by atoms with Crippen molar-refractivity contribution in [1.29, 1.82) is 0 Å². The van der Waals surface area contributed by atoms with Gasteiger partial charge in [-0.3, -0.25) is 0 Å². The first kappa shape index (κ1) is 11.3. The van der Waals surface area contributed by atoms with Crippen molar-refractivity contribution in [2.24, 2.45) is 0 Å². The van der Waals surface area contributed by atoms with Crippen LogP contribution in [0.1, 0.15) is 32.1 Å². The Hall–Kier alpha value is 0.270. The van der Waals surface area contributed by atoms with Crippen molar-refractivity contribution in [3.63, 3.8) is 0 Å². The molecule has 0 atom stereocenters. The molecule has 0 heterocycles. The summed E-state index contributed by atoms with van der Waals surface area (Å²) in [6, 6.07) is 0. The Morgan fingerprint density at radius 3 is 2.69 bits per heavy atom. The van der Waals surface area contributed by atoms with Gasteiger partial charge in [0.15, 0.2) is 0 Å². The molecule has 0 bridgehead atoms. The second-order valence-corrected chi connectivity index (χ2v) is 4.94. The summed E-state index contributed by atoms with van der Waals surface area (Å²) >= 11 is 1.86. The Balaban J connectivity index is 1.98. The Morgan fingerprint density at radius 2 is 2.08 bits per heavy atom. The van der Waals surface area contributed by atoms with E-state index in [4.69, 9.17) is 4.74 Å². The van der Waals surface area contributed by atoms with Crippen LogP contribution in [-0.2, 0) is 4.74 Å². The molecule has 78 valence electrons. The summed E-state index contributed by atoms with van der Waals surface area (Å²) in [7, 11) is 1.73. The second kappa shape index (κ2) is 5.89. The average molecular weight is 204 g/mol. The lowest BCUT2D eigenvalue weighted by Gasteiger charge is -2.21. The standard InChI is InChI=1S/C10H20O2S/c1-12-7-4-8-13-9-10(11)5-2-3-6-10/h11H,2-9H2,1H3. The third-order valence-electron chi connectivity index (χ3n) is 2.54. The van der Waals surface area contributed by atoms with Gasteiger partial charge < -0.3 is 9.84 Å². The highest BCUT2D eigenvalue weighted by Crippen LogP contribution is 2.32. The van der Waals surface area contributed by atoms with Crippen molar-refractivity contribution in [2.45, 2.75) is 37.7 Å². The van der Waals surface area contributed by atoms with Crippen LogP contribution in [0.3, 0.4) is 0 Å². The van der Waals surface area contributed by atoms with Gasteiger partial charge >= 0.3 is 0 Å². The molecule has 1 aliphatic carbocycles. The molecular weight excluding hydrogens is 184 g/mol. The van der Waals surface area contributed by atoms with Gasteiger partial charge in [-0.05, 0) is 25.0 Å². The molecule has 13 heavy (non-hydrogen) atoms. The zero-order valence-corrected chi connectivity index (χ0v) is 9.24. The fourth-order valence-corrected chi connectivity index (χ4v) is 2.88. The lowest BCUT2D eigenvalue weighted by Crippen LogP contribution is -2.27. The highest BCUT2D eigenvalue weighted by atomic mass is 32.2. The van der Waals surface area contributed by atoms with Crippen LogP contribution in [0.25, 0.3) is 0 Å². The first-order chi connectivity index (χ1) is 6.27. The molecule has 1 rings (SSSR count). The van der Waals surface area contributed by atoms with E-state index in [2.05, 4.69) is 0 Å². The zero-order valence-electron chi connectivity index (χ0n) is 8.42. The molecule has 0 aromatic rings. The van der Waals surface area contributed by atoms with E-state index in [0.717, 1.165) is 37.4 Å². The zero-order chi connectivity index (χ0) is 9.57. The van der Waals surface area contributed by atoms with E-state index in [0.29, 0.717) is 0 Å². The van der Waals surface area contributed by atoms with E-state index < -0.39 is 0 Å². The van der Waals surface area contributed by atoms with Gasteiger partial charge in [-0.15, -0.1) is 0 Å². The van der Waals surface area contributed by atoms with E-state index in [1.54, 1.807) is 7.11 Å². The van der Waals surface area contributed by atoms with Gasteiger partial charge in [-0.1, -0.05) is 12.8 Å². The van der Waals surface area contributed by atoms with Gasteiger partial charge in [0.1, 0.15) is 0 Å². The maximum absolute atomic E-state index is 10.00. The van der Waals surface area contributed by atoms with Crippen LogP contribution in [0.15, 0.2) is 0 Å². The molecule has 0 spiro atoms. The first-order valence-corrected chi connectivity index (χ1v) is 6.21. The molecule has 1 aliphatic rings. The van der Waals surface area contributed by atoms with Crippen molar-refractivity contribution in [2.75, 3.05) is 25.2 Å². The summed E-state index contributed by atoms with van der Waals surface area (Å²) in [5.41, 5.74) is -0.336. The summed E-state index contributed by atoms with van der Waals surface area (Å²) in [6.07, 6.45) is 5.51. The minimum absolute atomic E-state index is 0.336. The third-order valence-corrected chi connectivity index (χ3v) is 3.86. The monoisotopic (exact) mass is 204 g/mol. The minimum Gasteiger partial charge on any atom is -0.389 e. The minimum atomic E-state index is -0.336. The van der Waals surface area contributed by atoms with Gasteiger partial charge in [0.05, 0.1) is 5.60 Å². The SMILES string of the molecule is COCCCSCC1(O)CCCC1. The van der Waals surface area contributed by atoms with Gasteiger partial charge in [0.2, 0.25) is 0 Å². The van der Waals surface area contributed by atoms with Gasteiger partial charge in [-0.25, -0.2) is 0 Å². The summed E-state index contributed by atoms with van der Waals surface area (Å²) in [5.74, 6) is 2.02. The molecule has 0 aromatic heterocycles. The molecule has 0 unspecified atom stereocenters. The molecule has 0 aliphatic heterocycles. The molecule has 0 radical (unpaired) electrons. The van der Waals surface area contributed by atoms with Crippen molar-refractivity contribution in [1.82, 2.24) is 0 Å². The van der Waals surface area contributed by atoms with Gasteiger partial charge in [-0.2, -0.15) is 11.8 Å². The largest absolute Gasteiger partial charge is 0.389 e. The number of rotatable bonds is 6.